The Labute approximate surface area is 139 Å². The molecule has 118 valence electrons. The molecule has 0 aliphatic carbocycles. The van der Waals surface area contributed by atoms with Gasteiger partial charge in [-0.25, -0.2) is 9.07 Å². The van der Waals surface area contributed by atoms with Crippen LogP contribution in [0.25, 0.3) is 11.0 Å². The molecule has 4 aromatic rings. The zero-order valence-electron chi connectivity index (χ0n) is 13.0. The number of fused-ring (bicyclic) bond motifs is 1. The van der Waals surface area contributed by atoms with Gasteiger partial charge in [-0.05, 0) is 23.3 Å². The molecule has 0 spiro atoms. The van der Waals surface area contributed by atoms with Gasteiger partial charge >= 0.3 is 0 Å². The van der Waals surface area contributed by atoms with E-state index >= 15 is 0 Å². The van der Waals surface area contributed by atoms with Gasteiger partial charge in [0.25, 0.3) is 0 Å². The van der Waals surface area contributed by atoms with E-state index in [-0.39, 0.29) is 0 Å². The summed E-state index contributed by atoms with van der Waals surface area (Å²) in [6.07, 6.45) is 0. The highest BCUT2D eigenvalue weighted by atomic mass is 19.1. The van der Waals surface area contributed by atoms with Gasteiger partial charge in [0.05, 0.1) is 5.52 Å². The maximum atomic E-state index is 14.7. The smallest absolute Gasteiger partial charge is 0.143 e. The third-order valence-electron chi connectivity index (χ3n) is 4.41. The summed E-state index contributed by atoms with van der Waals surface area (Å²) in [5, 5.41) is 8.55. The van der Waals surface area contributed by atoms with E-state index in [1.54, 1.807) is 4.68 Å². The van der Waals surface area contributed by atoms with Crippen LogP contribution in [0.5, 0.6) is 0 Å². The molecule has 0 saturated carbocycles. The molecule has 1 aromatic heterocycles. The minimum absolute atomic E-state index is 0.617. The fourth-order valence-corrected chi connectivity index (χ4v) is 3.20. The molecule has 0 radical (unpaired) electrons. The van der Waals surface area contributed by atoms with Gasteiger partial charge in [-0.1, -0.05) is 78.0 Å². The van der Waals surface area contributed by atoms with Crippen LogP contribution in [0.4, 0.5) is 4.39 Å². The van der Waals surface area contributed by atoms with Crippen molar-refractivity contribution in [2.75, 3.05) is 6.67 Å². The maximum Gasteiger partial charge on any atom is 0.143 e. The lowest BCUT2D eigenvalue weighted by Crippen LogP contribution is -2.39. The number of benzene rings is 3. The van der Waals surface area contributed by atoms with Crippen LogP contribution in [0.15, 0.2) is 84.9 Å². The van der Waals surface area contributed by atoms with E-state index in [2.05, 4.69) is 10.3 Å². The Kier molecular flexibility index (Phi) is 3.58. The molecule has 0 N–H and O–H groups in total. The van der Waals surface area contributed by atoms with Crippen molar-refractivity contribution in [2.24, 2.45) is 0 Å². The number of nitrogens with zero attached hydrogens (tertiary/aromatic N) is 3. The van der Waals surface area contributed by atoms with Gasteiger partial charge in [-0.15, -0.1) is 5.10 Å². The fourth-order valence-electron chi connectivity index (χ4n) is 3.20. The number of alkyl halides is 1. The van der Waals surface area contributed by atoms with Crippen LogP contribution in [0.3, 0.4) is 0 Å². The standard InChI is InChI=1S/C20H16FN3/c21-15-20(16-9-3-1-4-10-16,17-11-5-2-6-12-17)24-19-14-8-7-13-18(19)22-23-24/h1-14H,15H2. The Morgan fingerprint density at radius 3 is 1.88 bits per heavy atom. The van der Waals surface area contributed by atoms with Crippen LogP contribution < -0.4 is 0 Å². The van der Waals surface area contributed by atoms with Crippen molar-refractivity contribution in [1.29, 1.82) is 0 Å². The SMILES string of the molecule is FCC(c1ccccc1)(c1ccccc1)n1nnc2ccccc21. The minimum Gasteiger partial charge on any atom is -0.248 e. The summed E-state index contributed by atoms with van der Waals surface area (Å²) >= 11 is 0. The van der Waals surface area contributed by atoms with Crippen molar-refractivity contribution in [3.63, 3.8) is 0 Å². The van der Waals surface area contributed by atoms with Gasteiger partial charge in [0, 0.05) is 0 Å². The number of hydrogen-bond donors (Lipinski definition) is 0. The topological polar surface area (TPSA) is 30.7 Å². The highest BCUT2D eigenvalue weighted by Crippen LogP contribution is 2.36. The molecule has 4 rings (SSSR count). The van der Waals surface area contributed by atoms with Crippen molar-refractivity contribution in [1.82, 2.24) is 15.0 Å². The molecule has 0 saturated heterocycles. The van der Waals surface area contributed by atoms with E-state index in [9.17, 15) is 4.39 Å². The third-order valence-corrected chi connectivity index (χ3v) is 4.41. The lowest BCUT2D eigenvalue weighted by molar-refractivity contribution is 0.288. The molecular weight excluding hydrogens is 301 g/mol. The normalized spacial score (nSPS) is 11.7. The molecule has 0 aliphatic heterocycles. The van der Waals surface area contributed by atoms with Gasteiger partial charge in [0.15, 0.2) is 0 Å². The summed E-state index contributed by atoms with van der Waals surface area (Å²) in [4.78, 5) is 0. The van der Waals surface area contributed by atoms with E-state index < -0.39 is 12.2 Å². The molecule has 24 heavy (non-hydrogen) atoms. The first-order valence-corrected chi connectivity index (χ1v) is 7.84. The Hall–Kier alpha value is -3.01. The van der Waals surface area contributed by atoms with Crippen LogP contribution in [0.1, 0.15) is 11.1 Å². The van der Waals surface area contributed by atoms with Gasteiger partial charge in [0.1, 0.15) is 17.7 Å². The fraction of sp³-hybridized carbons (Fsp3) is 0.100. The van der Waals surface area contributed by atoms with Crippen LogP contribution in [-0.2, 0) is 5.54 Å². The maximum absolute atomic E-state index is 14.7. The zero-order chi connectivity index (χ0) is 16.4. The average molecular weight is 317 g/mol. The number of rotatable bonds is 4. The molecule has 0 unspecified atom stereocenters. The summed E-state index contributed by atoms with van der Waals surface area (Å²) < 4.78 is 16.4. The summed E-state index contributed by atoms with van der Waals surface area (Å²) in [6.45, 7) is -0.617. The van der Waals surface area contributed by atoms with E-state index in [0.29, 0.717) is 0 Å². The molecule has 0 bridgehead atoms. The van der Waals surface area contributed by atoms with Crippen molar-refractivity contribution in [3.05, 3.63) is 96.1 Å². The van der Waals surface area contributed by atoms with Gasteiger partial charge in [0.2, 0.25) is 0 Å². The van der Waals surface area contributed by atoms with Crippen LogP contribution in [0.2, 0.25) is 0 Å². The Bertz CT molecular complexity index is 909. The highest BCUT2D eigenvalue weighted by Gasteiger charge is 2.39. The lowest BCUT2D eigenvalue weighted by Gasteiger charge is -2.32. The summed E-state index contributed by atoms with van der Waals surface area (Å²) in [7, 11) is 0. The van der Waals surface area contributed by atoms with Crippen molar-refractivity contribution in [3.8, 4) is 0 Å². The molecule has 0 amide bonds. The monoisotopic (exact) mass is 317 g/mol. The molecule has 4 heteroatoms. The predicted octanol–water partition coefficient (Wildman–Crippen LogP) is 4.19. The Morgan fingerprint density at radius 1 is 0.750 bits per heavy atom. The van der Waals surface area contributed by atoms with E-state index in [0.717, 1.165) is 22.2 Å². The number of aromatic nitrogens is 3. The van der Waals surface area contributed by atoms with Crippen LogP contribution in [-0.4, -0.2) is 21.7 Å². The van der Waals surface area contributed by atoms with Crippen LogP contribution >= 0.6 is 0 Å². The molecule has 0 aliphatic rings. The summed E-state index contributed by atoms with van der Waals surface area (Å²) in [5.74, 6) is 0. The third kappa shape index (κ3) is 2.11. The van der Waals surface area contributed by atoms with Gasteiger partial charge in [-0.3, -0.25) is 0 Å². The van der Waals surface area contributed by atoms with Crippen LogP contribution in [0, 0.1) is 0 Å². The number of para-hydroxylation sites is 1. The predicted molar refractivity (Wildman–Crippen MR) is 92.6 cm³/mol. The first-order valence-electron chi connectivity index (χ1n) is 7.84. The van der Waals surface area contributed by atoms with Crippen molar-refractivity contribution < 1.29 is 4.39 Å². The van der Waals surface area contributed by atoms with E-state index in [1.807, 2.05) is 84.9 Å². The minimum atomic E-state index is -1.04. The second-order valence-electron chi connectivity index (χ2n) is 5.72. The Morgan fingerprint density at radius 2 is 1.29 bits per heavy atom. The average Bonchev–Trinajstić information content (AvgIpc) is 3.09. The number of halogens is 1. The molecule has 0 fully saturated rings. The molecule has 3 nitrogen and oxygen atoms in total. The van der Waals surface area contributed by atoms with E-state index in [1.165, 1.54) is 0 Å². The largest absolute Gasteiger partial charge is 0.248 e. The summed E-state index contributed by atoms with van der Waals surface area (Å²) in [5.41, 5.74) is 2.20. The number of hydrogen-bond acceptors (Lipinski definition) is 2. The molecule has 3 aromatic carbocycles. The van der Waals surface area contributed by atoms with Crippen molar-refractivity contribution >= 4 is 11.0 Å². The Balaban J connectivity index is 2.08. The molecule has 1 heterocycles. The molecule has 0 atom stereocenters. The second kappa shape index (κ2) is 5.89. The van der Waals surface area contributed by atoms with Crippen molar-refractivity contribution in [2.45, 2.75) is 5.54 Å². The second-order valence-corrected chi connectivity index (χ2v) is 5.72. The quantitative estimate of drug-likeness (QED) is 0.565. The zero-order valence-corrected chi connectivity index (χ0v) is 13.0. The van der Waals surface area contributed by atoms with Gasteiger partial charge < -0.3 is 0 Å². The van der Waals surface area contributed by atoms with E-state index in [4.69, 9.17) is 0 Å². The lowest BCUT2D eigenvalue weighted by atomic mass is 9.83. The van der Waals surface area contributed by atoms with Gasteiger partial charge in [-0.2, -0.15) is 0 Å². The first-order chi connectivity index (χ1) is 11.9. The summed E-state index contributed by atoms with van der Waals surface area (Å²) in [6, 6.07) is 26.9. The first kappa shape index (κ1) is 14.6. The molecular formula is C20H16FN3. The highest BCUT2D eigenvalue weighted by molar-refractivity contribution is 5.75.